The van der Waals surface area contributed by atoms with Gasteiger partial charge in [-0.3, -0.25) is 9.59 Å². The smallest absolute Gasteiger partial charge is 0.222 e. The minimum absolute atomic E-state index is 0.0449. The summed E-state index contributed by atoms with van der Waals surface area (Å²) in [7, 11) is 0. The van der Waals surface area contributed by atoms with Crippen molar-refractivity contribution in [3.63, 3.8) is 0 Å². The lowest BCUT2D eigenvalue weighted by Gasteiger charge is -2.19. The Morgan fingerprint density at radius 2 is 1.35 bits per heavy atom. The third-order valence-electron chi connectivity index (χ3n) is 2.24. The number of hydrogen-bond acceptors (Lipinski definition) is 2. The highest BCUT2D eigenvalue weighted by atomic mass is 19.1. The van der Waals surface area contributed by atoms with Crippen molar-refractivity contribution in [1.29, 1.82) is 0 Å². The summed E-state index contributed by atoms with van der Waals surface area (Å²) in [4.78, 5) is 21.7. The Bertz CT molecular complexity index is 284. The maximum Gasteiger partial charge on any atom is 0.222 e. The van der Waals surface area contributed by atoms with Gasteiger partial charge in [-0.05, 0) is 5.41 Å². The van der Waals surface area contributed by atoms with E-state index in [1.807, 2.05) is 13.8 Å². The van der Waals surface area contributed by atoms with Crippen LogP contribution in [0.1, 0.15) is 48.5 Å². The number of nitrogens with one attached hydrogen (secondary N) is 2. The molecule has 0 aromatic rings. The summed E-state index contributed by atoms with van der Waals surface area (Å²) in [5.41, 5.74) is 0.185. The molecular weight excluding hydrogens is 259 g/mol. The average molecular weight is 290 g/mol. The van der Waals surface area contributed by atoms with Gasteiger partial charge < -0.3 is 10.6 Å². The molecule has 120 valence electrons. The summed E-state index contributed by atoms with van der Waals surface area (Å²) in [5.74, 6) is 0.0986. The molecule has 0 radical (unpaired) electrons. The summed E-state index contributed by atoms with van der Waals surface area (Å²) in [6.45, 7) is 14.1. The average Bonchev–Trinajstić information content (AvgIpc) is 2.32. The van der Waals surface area contributed by atoms with Gasteiger partial charge in [0, 0.05) is 24.9 Å². The highest BCUT2D eigenvalue weighted by Crippen LogP contribution is 2.10. The molecule has 0 saturated heterocycles. The van der Waals surface area contributed by atoms with Crippen molar-refractivity contribution in [2.24, 2.45) is 17.3 Å². The third-order valence-corrected chi connectivity index (χ3v) is 2.24. The van der Waals surface area contributed by atoms with Gasteiger partial charge in [0.15, 0.2) is 0 Å². The molecular formula is C15H31FN2O2. The zero-order chi connectivity index (χ0) is 16.3. The first kappa shape index (κ1) is 21.2. The van der Waals surface area contributed by atoms with Gasteiger partial charge in [-0.15, -0.1) is 0 Å². The molecule has 2 N–H and O–H groups in total. The Morgan fingerprint density at radius 1 is 0.950 bits per heavy atom. The fourth-order valence-corrected chi connectivity index (χ4v) is 0.931. The maximum absolute atomic E-state index is 11.4. The number of hydrogen-bond donors (Lipinski definition) is 2. The maximum atomic E-state index is 11.4. The quantitative estimate of drug-likeness (QED) is 0.817. The van der Waals surface area contributed by atoms with E-state index in [2.05, 4.69) is 31.4 Å². The molecule has 20 heavy (non-hydrogen) atoms. The van der Waals surface area contributed by atoms with Gasteiger partial charge in [0.1, 0.15) is 6.67 Å². The number of carbonyl (C=O) groups is 2. The number of halogens is 1. The molecule has 4 nitrogen and oxygen atoms in total. The highest BCUT2D eigenvalue weighted by molar-refractivity contribution is 5.78. The van der Waals surface area contributed by atoms with Crippen LogP contribution < -0.4 is 10.6 Å². The predicted octanol–water partition coefficient (Wildman–Crippen LogP) is 2.53. The van der Waals surface area contributed by atoms with Gasteiger partial charge in [0.05, 0.1) is 0 Å². The van der Waals surface area contributed by atoms with Crippen molar-refractivity contribution in [1.82, 2.24) is 10.6 Å². The van der Waals surface area contributed by atoms with E-state index in [9.17, 15) is 14.0 Å². The van der Waals surface area contributed by atoms with Crippen LogP contribution in [0.2, 0.25) is 0 Å². The second-order valence-corrected chi connectivity index (χ2v) is 6.57. The molecule has 0 bridgehead atoms. The fraction of sp³-hybridized carbons (Fsp3) is 0.867. The molecule has 2 amide bonds. The van der Waals surface area contributed by atoms with Crippen LogP contribution in [-0.2, 0) is 9.59 Å². The molecule has 0 saturated carbocycles. The van der Waals surface area contributed by atoms with Crippen molar-refractivity contribution in [2.75, 3.05) is 19.8 Å². The van der Waals surface area contributed by atoms with E-state index in [0.29, 0.717) is 0 Å². The van der Waals surface area contributed by atoms with Crippen LogP contribution >= 0.6 is 0 Å². The highest BCUT2D eigenvalue weighted by Gasteiger charge is 2.13. The minimum atomic E-state index is -0.488. The molecule has 0 aromatic heterocycles. The first-order chi connectivity index (χ1) is 9.01. The van der Waals surface area contributed by atoms with Gasteiger partial charge in [-0.25, -0.2) is 4.39 Å². The van der Waals surface area contributed by atoms with E-state index in [1.165, 1.54) is 0 Å². The third kappa shape index (κ3) is 14.9. The lowest BCUT2D eigenvalue weighted by molar-refractivity contribution is -0.125. The summed E-state index contributed by atoms with van der Waals surface area (Å²) in [6.07, 6.45) is 0. The van der Waals surface area contributed by atoms with Crippen molar-refractivity contribution in [3.8, 4) is 0 Å². The van der Waals surface area contributed by atoms with Gasteiger partial charge in [-0.2, -0.15) is 0 Å². The fourth-order valence-electron chi connectivity index (χ4n) is 0.931. The Hall–Kier alpha value is -1.13. The first-order valence-electron chi connectivity index (χ1n) is 7.12. The second kappa shape index (κ2) is 10.6. The zero-order valence-electron chi connectivity index (χ0n) is 14.0. The molecule has 0 unspecified atom stereocenters. The molecule has 0 aliphatic heterocycles. The van der Waals surface area contributed by atoms with Gasteiger partial charge in [0.2, 0.25) is 11.8 Å². The van der Waals surface area contributed by atoms with Gasteiger partial charge in [0.25, 0.3) is 0 Å². The Morgan fingerprint density at radius 3 is 1.65 bits per heavy atom. The standard InChI is InChI=1S/C9H19NO.C6H12FNO/c1-7(2)8(11)10-6-9(3,4)5;1-5(2)6(9)8-4-3-7/h7H,6H2,1-5H3,(H,10,11);5H,3-4H2,1-2H3,(H,8,9). The van der Waals surface area contributed by atoms with Gasteiger partial charge in [-0.1, -0.05) is 48.5 Å². The SMILES string of the molecule is CC(C)C(=O)NCC(C)(C)C.CC(C)C(=O)NCCF. The molecule has 5 heteroatoms. The van der Waals surface area contributed by atoms with E-state index < -0.39 is 6.67 Å². The summed E-state index contributed by atoms with van der Waals surface area (Å²) >= 11 is 0. The second-order valence-electron chi connectivity index (χ2n) is 6.57. The summed E-state index contributed by atoms with van der Waals surface area (Å²) < 4.78 is 11.4. The van der Waals surface area contributed by atoms with Crippen LogP contribution in [0.5, 0.6) is 0 Å². The molecule has 0 aliphatic carbocycles. The monoisotopic (exact) mass is 290 g/mol. The zero-order valence-corrected chi connectivity index (χ0v) is 14.0. The van der Waals surface area contributed by atoms with E-state index in [4.69, 9.17) is 0 Å². The van der Waals surface area contributed by atoms with Crippen LogP contribution in [0.15, 0.2) is 0 Å². The van der Waals surface area contributed by atoms with E-state index in [0.717, 1.165) is 6.54 Å². The van der Waals surface area contributed by atoms with Crippen molar-refractivity contribution in [2.45, 2.75) is 48.5 Å². The molecule has 0 aliphatic rings. The van der Waals surface area contributed by atoms with E-state index in [1.54, 1.807) is 13.8 Å². The molecule has 0 aromatic carbocycles. The van der Waals surface area contributed by atoms with Crippen LogP contribution in [0, 0.1) is 17.3 Å². The Kier molecular flexibility index (Phi) is 11.3. The molecule has 0 heterocycles. The molecule has 0 atom stereocenters. The Labute approximate surface area is 122 Å². The van der Waals surface area contributed by atoms with Crippen LogP contribution in [-0.4, -0.2) is 31.6 Å². The Balaban J connectivity index is 0. The van der Waals surface area contributed by atoms with Crippen LogP contribution in [0.25, 0.3) is 0 Å². The number of alkyl halides is 1. The molecule has 0 rings (SSSR count). The predicted molar refractivity (Wildman–Crippen MR) is 81.1 cm³/mol. The first-order valence-corrected chi connectivity index (χ1v) is 7.12. The minimum Gasteiger partial charge on any atom is -0.355 e. The van der Waals surface area contributed by atoms with Gasteiger partial charge >= 0.3 is 0 Å². The van der Waals surface area contributed by atoms with Crippen LogP contribution in [0.4, 0.5) is 4.39 Å². The summed E-state index contributed by atoms with van der Waals surface area (Å²) in [6, 6.07) is 0. The van der Waals surface area contributed by atoms with E-state index >= 15 is 0 Å². The lowest BCUT2D eigenvalue weighted by Crippen LogP contribution is -2.34. The summed E-state index contributed by atoms with van der Waals surface area (Å²) in [5, 5.41) is 5.30. The normalized spacial score (nSPS) is 10.9. The van der Waals surface area contributed by atoms with Crippen molar-refractivity contribution < 1.29 is 14.0 Å². The van der Waals surface area contributed by atoms with Crippen LogP contribution in [0.3, 0.4) is 0 Å². The molecule has 0 fully saturated rings. The largest absolute Gasteiger partial charge is 0.355 e. The van der Waals surface area contributed by atoms with Crippen molar-refractivity contribution in [3.05, 3.63) is 0 Å². The lowest BCUT2D eigenvalue weighted by atomic mass is 9.97. The number of rotatable bonds is 5. The molecule has 0 spiro atoms. The number of carbonyl (C=O) groups excluding carboxylic acids is 2. The van der Waals surface area contributed by atoms with Crippen molar-refractivity contribution >= 4 is 11.8 Å². The topological polar surface area (TPSA) is 58.2 Å². The number of amides is 2. The van der Waals surface area contributed by atoms with E-state index in [-0.39, 0.29) is 35.6 Å².